The minimum atomic E-state index is 0.162. The molecule has 0 unspecified atom stereocenters. The van der Waals surface area contributed by atoms with E-state index in [0.717, 1.165) is 73.7 Å². The van der Waals surface area contributed by atoms with Gasteiger partial charge in [0.05, 0.1) is 24.0 Å². The van der Waals surface area contributed by atoms with Gasteiger partial charge in [-0.25, -0.2) is 4.99 Å². The molecule has 6 aliphatic rings. The van der Waals surface area contributed by atoms with Crippen LogP contribution in [0.1, 0.15) is 94.5 Å². The monoisotopic (exact) mass is 471 g/mol. The Morgan fingerprint density at radius 2 is 1.83 bits per heavy atom. The number of aliphatic imine (C=N–C) groups is 2. The fourth-order valence-electron chi connectivity index (χ4n) is 8.78. The predicted molar refractivity (Wildman–Crippen MR) is 137 cm³/mol. The number of fused-ring (bicyclic) bond motifs is 3. The van der Waals surface area contributed by atoms with Crippen molar-refractivity contribution in [3.05, 3.63) is 17.6 Å². The molecule has 1 aliphatic heterocycles. The summed E-state index contributed by atoms with van der Waals surface area (Å²) in [4.78, 5) is 14.7. The summed E-state index contributed by atoms with van der Waals surface area (Å²) in [5, 5.41) is 9.15. The number of imidazole rings is 2. The molecule has 7 nitrogen and oxygen atoms in total. The zero-order valence-electron chi connectivity index (χ0n) is 20.7. The highest BCUT2D eigenvalue weighted by atomic mass is 15.3. The van der Waals surface area contributed by atoms with Gasteiger partial charge in [0.2, 0.25) is 5.78 Å². The summed E-state index contributed by atoms with van der Waals surface area (Å²) in [7, 11) is 0. The topological polar surface area (TPSA) is 96.8 Å². The average Bonchev–Trinajstić information content (AvgIpc) is 3.38. The second-order valence-corrected chi connectivity index (χ2v) is 12.3. The number of hydrogen-bond acceptors (Lipinski definition) is 4. The van der Waals surface area contributed by atoms with E-state index in [1.807, 2.05) is 6.21 Å². The van der Waals surface area contributed by atoms with E-state index in [9.17, 15) is 0 Å². The summed E-state index contributed by atoms with van der Waals surface area (Å²) in [5.41, 5.74) is 9.46. The van der Waals surface area contributed by atoms with E-state index in [1.54, 1.807) is 0 Å². The quantitative estimate of drug-likeness (QED) is 0.460. The average molecular weight is 472 g/mol. The summed E-state index contributed by atoms with van der Waals surface area (Å²) in [6.45, 7) is 0.632. The van der Waals surface area contributed by atoms with Crippen molar-refractivity contribution in [2.75, 3.05) is 0 Å². The fourth-order valence-corrected chi connectivity index (χ4v) is 8.78. The molecular weight excluding hydrogens is 434 g/mol. The molecule has 0 amide bonds. The van der Waals surface area contributed by atoms with E-state index >= 15 is 0 Å². The molecule has 7 heteroatoms. The van der Waals surface area contributed by atoms with Gasteiger partial charge in [-0.3, -0.25) is 9.39 Å². The molecule has 0 saturated heterocycles. The Bertz CT molecular complexity index is 1190. The lowest BCUT2D eigenvalue weighted by atomic mass is 9.49. The van der Waals surface area contributed by atoms with E-state index in [4.69, 9.17) is 21.0 Å². The Morgan fingerprint density at radius 1 is 1.11 bits per heavy atom. The number of nitrogens with two attached hydrogens (primary N) is 1. The molecule has 2 aromatic rings. The van der Waals surface area contributed by atoms with Crippen LogP contribution in [0.4, 0.5) is 5.82 Å². The van der Waals surface area contributed by atoms with Crippen LogP contribution < -0.4 is 5.73 Å². The standard InChI is InChI=1S/C28H37N7/c29-8-7-18-3-5-22(6-4-18)35-23(17-34-24-2-1-9-31-25(24)33-27(34)35)16-32-26(30)28-13-19-10-20(14-28)12-21(11-19)15-28/h9,17-22H,1-7,10-16H2,(H2,30,32)/t18-,19?,20?,21?,22-,28?. The summed E-state index contributed by atoms with van der Waals surface area (Å²) < 4.78 is 4.73. The molecule has 35 heavy (non-hydrogen) atoms. The first kappa shape index (κ1) is 21.6. The maximum atomic E-state index is 9.15. The minimum absolute atomic E-state index is 0.162. The van der Waals surface area contributed by atoms with Gasteiger partial charge < -0.3 is 10.3 Å². The van der Waals surface area contributed by atoms with Crippen molar-refractivity contribution in [2.24, 2.45) is 44.8 Å². The molecule has 0 aromatic carbocycles. The summed E-state index contributed by atoms with van der Waals surface area (Å²) in [6, 6.07) is 2.78. The van der Waals surface area contributed by atoms with Crippen LogP contribution in [0.5, 0.6) is 0 Å². The van der Waals surface area contributed by atoms with E-state index in [2.05, 4.69) is 26.2 Å². The van der Waals surface area contributed by atoms with Crippen LogP contribution in [0.2, 0.25) is 0 Å². The summed E-state index contributed by atoms with van der Waals surface area (Å²) in [5.74, 6) is 5.96. The molecule has 5 aliphatic carbocycles. The van der Waals surface area contributed by atoms with Gasteiger partial charge in [0.25, 0.3) is 0 Å². The molecule has 5 fully saturated rings. The lowest BCUT2D eigenvalue weighted by molar-refractivity contribution is -0.0131. The Hall–Kier alpha value is -2.62. The van der Waals surface area contributed by atoms with Crippen molar-refractivity contribution < 1.29 is 0 Å². The van der Waals surface area contributed by atoms with Crippen molar-refractivity contribution in [1.29, 1.82) is 5.26 Å². The lowest BCUT2D eigenvalue weighted by Crippen LogP contribution is -2.52. The first-order valence-electron chi connectivity index (χ1n) is 13.9. The second-order valence-electron chi connectivity index (χ2n) is 12.3. The fraction of sp³-hybridized carbons (Fsp3) is 0.714. The van der Waals surface area contributed by atoms with Crippen molar-refractivity contribution in [3.63, 3.8) is 0 Å². The third-order valence-corrected chi connectivity index (χ3v) is 10.1. The van der Waals surface area contributed by atoms with Crippen molar-refractivity contribution >= 4 is 23.6 Å². The first-order chi connectivity index (χ1) is 17.1. The maximum absolute atomic E-state index is 9.15. The molecule has 0 atom stereocenters. The van der Waals surface area contributed by atoms with Gasteiger partial charge in [-0.05, 0) is 101 Å². The van der Waals surface area contributed by atoms with Gasteiger partial charge in [-0.1, -0.05) is 0 Å². The summed E-state index contributed by atoms with van der Waals surface area (Å²) in [6.07, 6.45) is 19.3. The Balaban J connectivity index is 1.21. The van der Waals surface area contributed by atoms with Gasteiger partial charge in [0, 0.05) is 30.3 Å². The van der Waals surface area contributed by atoms with E-state index in [1.165, 1.54) is 49.9 Å². The van der Waals surface area contributed by atoms with Crippen LogP contribution in [0, 0.1) is 40.4 Å². The number of nitrogens with zero attached hydrogens (tertiary/aromatic N) is 6. The number of nitriles is 1. The van der Waals surface area contributed by atoms with Crippen molar-refractivity contribution in [1.82, 2.24) is 14.0 Å². The zero-order valence-corrected chi connectivity index (χ0v) is 20.7. The maximum Gasteiger partial charge on any atom is 0.216 e. The normalized spacial score (nSPS) is 36.0. The van der Waals surface area contributed by atoms with Gasteiger partial charge >= 0.3 is 0 Å². The SMILES string of the molecule is N#CC[C@H]1CC[C@H](n2c(CN=C(N)C34CC5CC(CC(C5)C3)C4)cn3c4c(nc32)N=CCC4)CC1. The Morgan fingerprint density at radius 3 is 2.51 bits per heavy atom. The van der Waals surface area contributed by atoms with E-state index < -0.39 is 0 Å². The molecular formula is C28H37N7. The minimum Gasteiger partial charge on any atom is -0.387 e. The first-order valence-corrected chi connectivity index (χ1v) is 13.9. The molecule has 4 bridgehead atoms. The molecule has 3 heterocycles. The third kappa shape index (κ3) is 3.55. The second kappa shape index (κ2) is 8.21. The van der Waals surface area contributed by atoms with E-state index in [-0.39, 0.29) is 5.41 Å². The van der Waals surface area contributed by atoms with Crippen LogP contribution in [0.15, 0.2) is 16.2 Å². The zero-order chi connectivity index (χ0) is 23.6. The Kier molecular flexibility index (Phi) is 5.08. The van der Waals surface area contributed by atoms with Crippen LogP contribution in [0.3, 0.4) is 0 Å². The van der Waals surface area contributed by atoms with Crippen LogP contribution in [0.25, 0.3) is 5.78 Å². The van der Waals surface area contributed by atoms with Crippen LogP contribution in [-0.4, -0.2) is 26.0 Å². The smallest absolute Gasteiger partial charge is 0.216 e. The third-order valence-electron chi connectivity index (χ3n) is 10.1. The van der Waals surface area contributed by atoms with E-state index in [0.29, 0.717) is 24.9 Å². The van der Waals surface area contributed by atoms with Crippen LogP contribution >= 0.6 is 0 Å². The lowest BCUT2D eigenvalue weighted by Gasteiger charge is -2.56. The largest absolute Gasteiger partial charge is 0.387 e. The number of aromatic nitrogens is 3. The van der Waals surface area contributed by atoms with Crippen molar-refractivity contribution in [3.8, 4) is 6.07 Å². The summed E-state index contributed by atoms with van der Waals surface area (Å²) >= 11 is 0. The molecule has 184 valence electrons. The number of aryl methyl sites for hydroxylation is 1. The molecule has 2 N–H and O–H groups in total. The number of hydrogen-bond donors (Lipinski definition) is 1. The molecule has 2 aromatic heterocycles. The Labute approximate surface area is 207 Å². The number of rotatable bonds is 5. The van der Waals surface area contributed by atoms with Crippen molar-refractivity contribution in [2.45, 2.75) is 96.1 Å². The van der Waals surface area contributed by atoms with Crippen LogP contribution in [-0.2, 0) is 13.0 Å². The molecule has 5 saturated carbocycles. The molecule has 0 spiro atoms. The highest BCUT2D eigenvalue weighted by Gasteiger charge is 2.52. The van der Waals surface area contributed by atoms with Gasteiger partial charge in [0.1, 0.15) is 5.84 Å². The van der Waals surface area contributed by atoms with Gasteiger partial charge in [-0.2, -0.15) is 10.2 Å². The predicted octanol–water partition coefficient (Wildman–Crippen LogP) is 5.50. The molecule has 8 rings (SSSR count). The molecule has 0 radical (unpaired) electrons. The van der Waals surface area contributed by atoms with Gasteiger partial charge in [0.15, 0.2) is 5.82 Å². The highest BCUT2D eigenvalue weighted by molar-refractivity contribution is 5.87. The number of amidine groups is 1. The highest BCUT2D eigenvalue weighted by Crippen LogP contribution is 2.60. The van der Waals surface area contributed by atoms with Gasteiger partial charge in [-0.15, -0.1) is 0 Å².